The second kappa shape index (κ2) is 7.36. The van der Waals surface area contributed by atoms with Crippen molar-refractivity contribution in [3.05, 3.63) is 0 Å². The number of nitrogens with one attached hydrogen (secondary N) is 2. The first kappa shape index (κ1) is 21.2. The van der Waals surface area contributed by atoms with Gasteiger partial charge in [-0.15, -0.1) is 0 Å². The number of hydrazine groups is 1. The lowest BCUT2D eigenvalue weighted by Gasteiger charge is -2.51. The third-order valence-electron chi connectivity index (χ3n) is 6.42. The number of amides is 5. The largest absolute Gasteiger partial charge is 0.465 e. The molecule has 11 heteroatoms. The monoisotopic (exact) mass is 411 g/mol. The van der Waals surface area contributed by atoms with Crippen LogP contribution in [0.5, 0.6) is 0 Å². The molecule has 0 saturated carbocycles. The minimum Gasteiger partial charge on any atom is -0.465 e. The molecule has 3 aliphatic heterocycles. The molecule has 3 heterocycles. The Morgan fingerprint density at radius 1 is 1.14 bits per heavy atom. The van der Waals surface area contributed by atoms with E-state index in [1.165, 1.54) is 4.90 Å². The van der Waals surface area contributed by atoms with Crippen LogP contribution in [0, 0.1) is 5.41 Å². The average Bonchev–Trinajstić information content (AvgIpc) is 2.89. The van der Waals surface area contributed by atoms with Crippen LogP contribution in [0.15, 0.2) is 0 Å². The first-order valence-corrected chi connectivity index (χ1v) is 9.90. The molecule has 3 saturated heterocycles. The molecule has 162 valence electrons. The maximum Gasteiger partial charge on any atom is 0.408 e. The number of hydrogen-bond acceptors (Lipinski definition) is 5. The molecule has 5 amide bonds. The molecule has 0 unspecified atom stereocenters. The van der Waals surface area contributed by atoms with Gasteiger partial charge in [0.15, 0.2) is 0 Å². The molecule has 3 atom stereocenters. The topological polar surface area (TPSA) is 143 Å². The SMILES string of the molecule is CC(C)(C)[C@@]1(C(=O)NNC(=O)[C@@H]2CC[C@@H]3CN2C(=O)N3O)CCCCN1C(=O)O. The van der Waals surface area contributed by atoms with Crippen LogP contribution >= 0.6 is 0 Å². The molecule has 3 aliphatic rings. The van der Waals surface area contributed by atoms with Crippen molar-refractivity contribution >= 4 is 23.9 Å². The molecule has 4 N–H and O–H groups in total. The number of carbonyl (C=O) groups excluding carboxylic acids is 3. The predicted octanol–water partition coefficient (Wildman–Crippen LogP) is 0.740. The van der Waals surface area contributed by atoms with Gasteiger partial charge in [-0.1, -0.05) is 20.8 Å². The van der Waals surface area contributed by atoms with Crippen LogP contribution in [0.4, 0.5) is 9.59 Å². The number of likely N-dealkylation sites (tertiary alicyclic amines) is 1. The number of hydroxylamine groups is 2. The number of piperidine rings is 2. The number of nitrogens with zero attached hydrogens (tertiary/aromatic N) is 3. The Hall–Kier alpha value is -2.56. The third kappa shape index (κ3) is 3.37. The third-order valence-corrected chi connectivity index (χ3v) is 6.42. The summed E-state index contributed by atoms with van der Waals surface area (Å²) >= 11 is 0. The van der Waals surface area contributed by atoms with Crippen LogP contribution < -0.4 is 10.9 Å². The van der Waals surface area contributed by atoms with Gasteiger partial charge in [0.2, 0.25) is 0 Å². The highest BCUT2D eigenvalue weighted by Crippen LogP contribution is 2.43. The fourth-order valence-electron chi connectivity index (χ4n) is 4.82. The van der Waals surface area contributed by atoms with Crippen molar-refractivity contribution < 1.29 is 29.5 Å². The van der Waals surface area contributed by atoms with Crippen molar-refractivity contribution in [1.29, 1.82) is 0 Å². The van der Waals surface area contributed by atoms with E-state index in [2.05, 4.69) is 10.9 Å². The van der Waals surface area contributed by atoms with Crippen molar-refractivity contribution in [2.24, 2.45) is 5.41 Å². The summed E-state index contributed by atoms with van der Waals surface area (Å²) in [5, 5.41) is 20.1. The van der Waals surface area contributed by atoms with Gasteiger partial charge in [-0.2, -0.15) is 0 Å². The van der Waals surface area contributed by atoms with Crippen molar-refractivity contribution in [2.75, 3.05) is 13.1 Å². The molecular weight excluding hydrogens is 382 g/mol. The zero-order valence-corrected chi connectivity index (χ0v) is 17.0. The summed E-state index contributed by atoms with van der Waals surface area (Å²) in [6, 6.07) is -1.75. The highest BCUT2D eigenvalue weighted by Gasteiger charge is 2.56. The summed E-state index contributed by atoms with van der Waals surface area (Å²) in [7, 11) is 0. The maximum absolute atomic E-state index is 13.2. The standard InChI is InChI=1S/C18H29N5O6/c1-17(2,3)18(8-4-5-9-22(18)16(27)28)14(25)20-19-13(24)12-7-6-11-10-21(12)15(26)23(11)29/h11-12,29H,4-10H2,1-3H3,(H,19,24)(H,20,25)(H,27,28)/t11-,12+,18+/m1/s1. The van der Waals surface area contributed by atoms with Crippen LogP contribution in [0.3, 0.4) is 0 Å². The van der Waals surface area contributed by atoms with E-state index in [0.717, 1.165) is 4.90 Å². The van der Waals surface area contributed by atoms with Gasteiger partial charge in [-0.25, -0.2) is 14.7 Å². The molecule has 0 aromatic heterocycles. The maximum atomic E-state index is 13.2. The molecule has 3 fully saturated rings. The molecule has 0 spiro atoms. The lowest BCUT2D eigenvalue weighted by molar-refractivity contribution is -0.147. The normalized spacial score (nSPS) is 29.7. The Kier molecular flexibility index (Phi) is 5.37. The second-order valence-corrected chi connectivity index (χ2v) is 8.97. The number of carboxylic acid groups (broad SMARTS) is 1. The average molecular weight is 411 g/mol. The fourth-order valence-corrected chi connectivity index (χ4v) is 4.82. The van der Waals surface area contributed by atoms with Crippen molar-refractivity contribution in [2.45, 2.75) is 70.5 Å². The van der Waals surface area contributed by atoms with Gasteiger partial charge in [0.1, 0.15) is 11.6 Å². The van der Waals surface area contributed by atoms with Crippen molar-refractivity contribution in [3.8, 4) is 0 Å². The van der Waals surface area contributed by atoms with Gasteiger partial charge < -0.3 is 10.0 Å². The number of hydrogen-bond donors (Lipinski definition) is 4. The smallest absolute Gasteiger partial charge is 0.408 e. The first-order valence-electron chi connectivity index (χ1n) is 9.90. The van der Waals surface area contributed by atoms with Gasteiger partial charge in [0, 0.05) is 13.1 Å². The van der Waals surface area contributed by atoms with Gasteiger partial charge in [0.05, 0.1) is 6.04 Å². The Bertz CT molecular complexity index is 722. The Labute approximate surface area is 168 Å². The summed E-state index contributed by atoms with van der Waals surface area (Å²) in [5.74, 6) is -1.16. The molecule has 3 rings (SSSR count). The zero-order chi connectivity index (χ0) is 21.6. The van der Waals surface area contributed by atoms with Crippen LogP contribution in [-0.4, -0.2) is 79.8 Å². The molecule has 2 bridgehead atoms. The minimum atomic E-state index is -1.33. The lowest BCUT2D eigenvalue weighted by Crippen LogP contribution is -2.70. The molecule has 0 aromatic rings. The Morgan fingerprint density at radius 2 is 1.83 bits per heavy atom. The van der Waals surface area contributed by atoms with Gasteiger partial charge in [-0.05, 0) is 37.5 Å². The minimum absolute atomic E-state index is 0.243. The predicted molar refractivity (Wildman–Crippen MR) is 99.6 cm³/mol. The zero-order valence-electron chi connectivity index (χ0n) is 17.0. The molecule has 0 aliphatic carbocycles. The van der Waals surface area contributed by atoms with E-state index in [9.17, 15) is 29.5 Å². The van der Waals surface area contributed by atoms with E-state index in [0.29, 0.717) is 37.2 Å². The van der Waals surface area contributed by atoms with E-state index in [-0.39, 0.29) is 19.1 Å². The lowest BCUT2D eigenvalue weighted by atomic mass is 9.67. The highest BCUT2D eigenvalue weighted by molar-refractivity contribution is 5.94. The van der Waals surface area contributed by atoms with Gasteiger partial charge in [-0.3, -0.25) is 30.5 Å². The first-order chi connectivity index (χ1) is 13.5. The summed E-state index contributed by atoms with van der Waals surface area (Å²) < 4.78 is 0. The van der Waals surface area contributed by atoms with Gasteiger partial charge >= 0.3 is 12.1 Å². The van der Waals surface area contributed by atoms with Crippen LogP contribution in [-0.2, 0) is 9.59 Å². The van der Waals surface area contributed by atoms with Crippen LogP contribution in [0.1, 0.15) is 52.9 Å². The number of carbonyl (C=O) groups is 4. The Balaban J connectivity index is 1.73. The summed E-state index contributed by atoms with van der Waals surface area (Å²) in [6.07, 6.45) is 1.37. The molecular formula is C18H29N5O6. The van der Waals surface area contributed by atoms with E-state index < -0.39 is 40.9 Å². The van der Waals surface area contributed by atoms with Crippen LogP contribution in [0.2, 0.25) is 0 Å². The van der Waals surface area contributed by atoms with E-state index in [1.54, 1.807) is 20.8 Å². The number of fused-ring (bicyclic) bond motifs is 2. The van der Waals surface area contributed by atoms with Crippen LogP contribution in [0.25, 0.3) is 0 Å². The quantitative estimate of drug-likeness (QED) is 0.390. The molecule has 0 radical (unpaired) electrons. The second-order valence-electron chi connectivity index (χ2n) is 8.97. The van der Waals surface area contributed by atoms with E-state index >= 15 is 0 Å². The van der Waals surface area contributed by atoms with E-state index in [4.69, 9.17) is 0 Å². The molecule has 29 heavy (non-hydrogen) atoms. The van der Waals surface area contributed by atoms with Gasteiger partial charge in [0.25, 0.3) is 11.8 Å². The highest BCUT2D eigenvalue weighted by atomic mass is 16.5. The van der Waals surface area contributed by atoms with Crippen molar-refractivity contribution in [1.82, 2.24) is 25.7 Å². The van der Waals surface area contributed by atoms with Crippen molar-refractivity contribution in [3.63, 3.8) is 0 Å². The fraction of sp³-hybridized carbons (Fsp3) is 0.778. The Morgan fingerprint density at radius 3 is 2.45 bits per heavy atom. The number of urea groups is 1. The summed E-state index contributed by atoms with van der Waals surface area (Å²) in [4.78, 5) is 52.2. The van der Waals surface area contributed by atoms with E-state index in [1.807, 2.05) is 0 Å². The number of rotatable bonds is 2. The molecule has 11 nitrogen and oxygen atoms in total. The molecule has 0 aromatic carbocycles. The summed E-state index contributed by atoms with van der Waals surface area (Å²) in [6.45, 7) is 5.90. The summed E-state index contributed by atoms with van der Waals surface area (Å²) in [5.41, 5.74) is 2.75.